The van der Waals surface area contributed by atoms with E-state index < -0.39 is 0 Å². The van der Waals surface area contributed by atoms with Gasteiger partial charge in [0, 0.05) is 12.4 Å². The van der Waals surface area contributed by atoms with E-state index in [0.29, 0.717) is 11.4 Å². The number of hydrogen-bond donors (Lipinski definition) is 0. The molecule has 2 aromatic heterocycles. The van der Waals surface area contributed by atoms with E-state index in [1.807, 2.05) is 0 Å². The van der Waals surface area contributed by atoms with Gasteiger partial charge in [0.05, 0.1) is 11.8 Å². The molecule has 0 radical (unpaired) electrons. The molecule has 0 unspecified atom stereocenters. The van der Waals surface area contributed by atoms with Crippen LogP contribution in [0, 0.1) is 0 Å². The maximum atomic E-state index is 10.4. The van der Waals surface area contributed by atoms with Gasteiger partial charge in [0.2, 0.25) is 0 Å². The fourth-order valence-electron chi connectivity index (χ4n) is 0.938. The van der Waals surface area contributed by atoms with Crippen LogP contribution < -0.4 is 0 Å². The predicted octanol–water partition coefficient (Wildman–Crippen LogP) is 0.475. The molecule has 0 aliphatic rings. The second-order valence-corrected chi connectivity index (χ2v) is 2.42. The molecule has 0 aromatic carbocycles. The first kappa shape index (κ1) is 7.60. The Bertz CT molecular complexity index is 409. The Morgan fingerprint density at radius 1 is 1.46 bits per heavy atom. The lowest BCUT2D eigenvalue weighted by molar-refractivity contribution is 0.112. The predicted molar refractivity (Wildman–Crippen MR) is 44.5 cm³/mol. The molecule has 2 heterocycles. The summed E-state index contributed by atoms with van der Waals surface area (Å²) in [5.41, 5.74) is 0.519. The minimum absolute atomic E-state index is 0.519. The molecule has 5 heteroatoms. The van der Waals surface area contributed by atoms with Gasteiger partial charge in [-0.2, -0.15) is 10.2 Å². The number of nitrogens with zero attached hydrogens (tertiary/aromatic N) is 4. The van der Waals surface area contributed by atoms with E-state index >= 15 is 0 Å². The third-order valence-electron chi connectivity index (χ3n) is 1.53. The Morgan fingerprint density at radius 3 is 3.00 bits per heavy atom. The van der Waals surface area contributed by atoms with Crippen LogP contribution in [0.5, 0.6) is 0 Å². The van der Waals surface area contributed by atoms with Crippen LogP contribution in [-0.4, -0.2) is 26.3 Å². The second kappa shape index (κ2) is 3.14. The summed E-state index contributed by atoms with van der Waals surface area (Å²) in [7, 11) is 0. The Hall–Kier alpha value is -2.04. The molecule has 64 valence electrons. The van der Waals surface area contributed by atoms with Gasteiger partial charge < -0.3 is 0 Å². The Morgan fingerprint density at radius 2 is 2.38 bits per heavy atom. The molecule has 0 aliphatic carbocycles. The number of aldehydes is 1. The van der Waals surface area contributed by atoms with Crippen LogP contribution in [0.2, 0.25) is 0 Å². The SMILES string of the molecule is O=Cc1cnn(-c2cccnn2)c1. The molecule has 2 aromatic rings. The van der Waals surface area contributed by atoms with Crippen molar-refractivity contribution in [2.75, 3.05) is 0 Å². The molecule has 2 rings (SSSR count). The number of hydrogen-bond acceptors (Lipinski definition) is 4. The van der Waals surface area contributed by atoms with E-state index in [4.69, 9.17) is 0 Å². The van der Waals surface area contributed by atoms with Crippen molar-refractivity contribution in [3.8, 4) is 5.82 Å². The lowest BCUT2D eigenvalue weighted by Crippen LogP contribution is -1.98. The molecule has 0 atom stereocenters. The van der Waals surface area contributed by atoms with Gasteiger partial charge in [-0.15, -0.1) is 5.10 Å². The first-order valence-electron chi connectivity index (χ1n) is 3.68. The molecule has 5 nitrogen and oxygen atoms in total. The van der Waals surface area contributed by atoms with Crippen LogP contribution in [0.15, 0.2) is 30.7 Å². The van der Waals surface area contributed by atoms with Gasteiger partial charge in [-0.3, -0.25) is 4.79 Å². The van der Waals surface area contributed by atoms with Crippen LogP contribution >= 0.6 is 0 Å². The van der Waals surface area contributed by atoms with Crippen molar-refractivity contribution >= 4 is 6.29 Å². The van der Waals surface area contributed by atoms with E-state index in [0.717, 1.165) is 6.29 Å². The summed E-state index contributed by atoms with van der Waals surface area (Å²) in [4.78, 5) is 10.4. The van der Waals surface area contributed by atoms with E-state index in [1.165, 1.54) is 10.9 Å². The Labute approximate surface area is 74.0 Å². The summed E-state index contributed by atoms with van der Waals surface area (Å²) >= 11 is 0. The first-order chi connectivity index (χ1) is 6.40. The number of carbonyl (C=O) groups excluding carboxylic acids is 1. The maximum absolute atomic E-state index is 10.4. The van der Waals surface area contributed by atoms with Gasteiger partial charge in [0.25, 0.3) is 0 Å². The minimum atomic E-state index is 0.519. The summed E-state index contributed by atoms with van der Waals surface area (Å²) in [6.45, 7) is 0. The third kappa shape index (κ3) is 1.44. The van der Waals surface area contributed by atoms with Gasteiger partial charge in [0.1, 0.15) is 0 Å². The summed E-state index contributed by atoms with van der Waals surface area (Å²) in [6.07, 6.45) is 5.38. The van der Waals surface area contributed by atoms with Gasteiger partial charge in [-0.1, -0.05) is 0 Å². The van der Waals surface area contributed by atoms with Crippen molar-refractivity contribution in [2.45, 2.75) is 0 Å². The first-order valence-corrected chi connectivity index (χ1v) is 3.68. The third-order valence-corrected chi connectivity index (χ3v) is 1.53. The van der Waals surface area contributed by atoms with Crippen molar-refractivity contribution in [3.63, 3.8) is 0 Å². The van der Waals surface area contributed by atoms with Crippen LogP contribution in [0.4, 0.5) is 0 Å². The quantitative estimate of drug-likeness (QED) is 0.621. The molecular formula is C8H6N4O. The molecule has 0 bridgehead atoms. The summed E-state index contributed by atoms with van der Waals surface area (Å²) in [5.74, 6) is 0.593. The van der Waals surface area contributed by atoms with Crippen LogP contribution in [0.1, 0.15) is 10.4 Å². The topological polar surface area (TPSA) is 60.7 Å². The van der Waals surface area contributed by atoms with Crippen LogP contribution in [-0.2, 0) is 0 Å². The van der Waals surface area contributed by atoms with E-state index in [-0.39, 0.29) is 0 Å². The van der Waals surface area contributed by atoms with E-state index in [2.05, 4.69) is 15.3 Å². The average molecular weight is 174 g/mol. The minimum Gasteiger partial charge on any atom is -0.298 e. The lowest BCUT2D eigenvalue weighted by Gasteiger charge is -1.95. The van der Waals surface area contributed by atoms with Crippen molar-refractivity contribution in [1.29, 1.82) is 0 Å². The average Bonchev–Trinajstić information content (AvgIpc) is 2.67. The molecule has 0 saturated heterocycles. The second-order valence-electron chi connectivity index (χ2n) is 2.42. The van der Waals surface area contributed by atoms with Crippen molar-refractivity contribution < 1.29 is 4.79 Å². The van der Waals surface area contributed by atoms with Gasteiger partial charge in [0.15, 0.2) is 12.1 Å². The van der Waals surface area contributed by atoms with Gasteiger partial charge >= 0.3 is 0 Å². The van der Waals surface area contributed by atoms with Crippen LogP contribution in [0.25, 0.3) is 5.82 Å². The number of aromatic nitrogens is 4. The van der Waals surface area contributed by atoms with Crippen molar-refractivity contribution in [3.05, 3.63) is 36.3 Å². The smallest absolute Gasteiger partial charge is 0.175 e. The van der Waals surface area contributed by atoms with Crippen LogP contribution in [0.3, 0.4) is 0 Å². The highest BCUT2D eigenvalue weighted by Gasteiger charge is 1.99. The fourth-order valence-corrected chi connectivity index (χ4v) is 0.938. The lowest BCUT2D eigenvalue weighted by atomic mass is 10.4. The molecule has 0 amide bonds. The monoisotopic (exact) mass is 174 g/mol. The standard InChI is InChI=1S/C8H6N4O/c13-6-7-4-10-12(5-7)8-2-1-3-9-11-8/h1-6H. The number of carbonyl (C=O) groups is 1. The van der Waals surface area contributed by atoms with Gasteiger partial charge in [-0.25, -0.2) is 4.68 Å². The molecule has 13 heavy (non-hydrogen) atoms. The highest BCUT2D eigenvalue weighted by molar-refractivity contribution is 5.73. The molecule has 0 N–H and O–H groups in total. The zero-order valence-corrected chi connectivity index (χ0v) is 6.66. The molecule has 0 saturated carbocycles. The normalized spacial score (nSPS) is 9.85. The molecular weight excluding hydrogens is 168 g/mol. The molecule has 0 fully saturated rings. The highest BCUT2D eigenvalue weighted by Crippen LogP contribution is 2.01. The van der Waals surface area contributed by atoms with E-state index in [9.17, 15) is 4.79 Å². The molecule has 0 aliphatic heterocycles. The Balaban J connectivity index is 2.41. The summed E-state index contributed by atoms with van der Waals surface area (Å²) < 4.78 is 1.50. The van der Waals surface area contributed by atoms with Crippen molar-refractivity contribution in [2.24, 2.45) is 0 Å². The zero-order chi connectivity index (χ0) is 9.10. The Kier molecular flexibility index (Phi) is 1.84. The summed E-state index contributed by atoms with van der Waals surface area (Å²) in [5, 5.41) is 11.5. The van der Waals surface area contributed by atoms with Gasteiger partial charge in [-0.05, 0) is 12.1 Å². The largest absolute Gasteiger partial charge is 0.298 e. The maximum Gasteiger partial charge on any atom is 0.175 e. The van der Waals surface area contributed by atoms with Crippen molar-refractivity contribution in [1.82, 2.24) is 20.0 Å². The highest BCUT2D eigenvalue weighted by atomic mass is 16.1. The fraction of sp³-hybridized carbons (Fsp3) is 0. The summed E-state index contributed by atoms with van der Waals surface area (Å²) in [6, 6.07) is 3.51. The van der Waals surface area contributed by atoms with E-state index in [1.54, 1.807) is 24.5 Å². The zero-order valence-electron chi connectivity index (χ0n) is 6.66. The number of rotatable bonds is 2. The molecule has 0 spiro atoms.